The van der Waals surface area contributed by atoms with Crippen LogP contribution in [0.25, 0.3) is 0 Å². The number of halogens is 2. The van der Waals surface area contributed by atoms with E-state index in [0.717, 1.165) is 38.3 Å². The highest BCUT2D eigenvalue weighted by Crippen LogP contribution is 2.28. The van der Waals surface area contributed by atoms with E-state index in [0.29, 0.717) is 6.54 Å². The fraction of sp³-hybridized carbons (Fsp3) is 0.333. The van der Waals surface area contributed by atoms with Crippen LogP contribution in [-0.2, 0) is 18.8 Å². The van der Waals surface area contributed by atoms with E-state index in [1.165, 1.54) is 0 Å². The van der Waals surface area contributed by atoms with E-state index >= 15 is 0 Å². The van der Waals surface area contributed by atoms with Gasteiger partial charge >= 0.3 is 0 Å². The zero-order valence-corrected chi connectivity index (χ0v) is 13.6. The maximum Gasteiger partial charge on any atom is 0.191 e. The summed E-state index contributed by atoms with van der Waals surface area (Å²) >= 11 is 11.2. The molecule has 0 aliphatic carbocycles. The van der Waals surface area contributed by atoms with E-state index < -0.39 is 0 Å². The van der Waals surface area contributed by atoms with Crippen molar-refractivity contribution in [2.75, 3.05) is 0 Å². The van der Waals surface area contributed by atoms with Gasteiger partial charge in [-0.05, 0) is 24.6 Å². The van der Waals surface area contributed by atoms with Gasteiger partial charge in [-0.2, -0.15) is 0 Å². The second-order valence-corrected chi connectivity index (χ2v) is 6.14. The van der Waals surface area contributed by atoms with Crippen LogP contribution >= 0.6 is 39.3 Å². The van der Waals surface area contributed by atoms with Gasteiger partial charge in [-0.3, -0.25) is 0 Å². The SMILES string of the molecule is CCn1c(CN)nnc1SCc1ccc(Br)cc1Cl. The summed E-state index contributed by atoms with van der Waals surface area (Å²) in [5.41, 5.74) is 6.71. The molecule has 0 aliphatic rings. The Morgan fingerprint density at radius 1 is 1.42 bits per heavy atom. The average Bonchev–Trinajstić information content (AvgIpc) is 2.79. The van der Waals surface area contributed by atoms with Crippen molar-refractivity contribution in [1.82, 2.24) is 14.8 Å². The van der Waals surface area contributed by atoms with Gasteiger partial charge in [0.1, 0.15) is 5.82 Å². The van der Waals surface area contributed by atoms with Crippen molar-refractivity contribution in [3.63, 3.8) is 0 Å². The Balaban J connectivity index is 2.12. The fourth-order valence-electron chi connectivity index (χ4n) is 1.68. The summed E-state index contributed by atoms with van der Waals surface area (Å²) in [5.74, 6) is 1.57. The predicted octanol–water partition coefficient (Wildman–Crippen LogP) is 3.46. The zero-order chi connectivity index (χ0) is 13.8. The van der Waals surface area contributed by atoms with E-state index in [2.05, 4.69) is 33.1 Å². The maximum absolute atomic E-state index is 6.20. The van der Waals surface area contributed by atoms with E-state index in [-0.39, 0.29) is 0 Å². The van der Waals surface area contributed by atoms with Gasteiger partial charge in [-0.15, -0.1) is 10.2 Å². The molecule has 2 rings (SSSR count). The van der Waals surface area contributed by atoms with Crippen molar-refractivity contribution in [3.8, 4) is 0 Å². The minimum atomic E-state index is 0.403. The molecule has 0 saturated carbocycles. The molecule has 0 bridgehead atoms. The maximum atomic E-state index is 6.20. The van der Waals surface area contributed by atoms with Crippen molar-refractivity contribution in [3.05, 3.63) is 39.1 Å². The molecule has 0 atom stereocenters. The molecule has 0 aliphatic heterocycles. The van der Waals surface area contributed by atoms with E-state index in [1.807, 2.05) is 22.8 Å². The monoisotopic (exact) mass is 360 g/mol. The van der Waals surface area contributed by atoms with Crippen LogP contribution < -0.4 is 5.73 Å². The second-order valence-electron chi connectivity index (χ2n) is 3.87. The van der Waals surface area contributed by atoms with Crippen LogP contribution in [-0.4, -0.2) is 14.8 Å². The Bertz CT molecular complexity index is 573. The van der Waals surface area contributed by atoms with Gasteiger partial charge in [0.05, 0.1) is 6.54 Å². The van der Waals surface area contributed by atoms with E-state index in [1.54, 1.807) is 11.8 Å². The van der Waals surface area contributed by atoms with E-state index in [9.17, 15) is 0 Å². The van der Waals surface area contributed by atoms with E-state index in [4.69, 9.17) is 17.3 Å². The number of rotatable bonds is 5. The van der Waals surface area contributed by atoms with Crippen LogP contribution in [0, 0.1) is 0 Å². The molecule has 0 fully saturated rings. The summed E-state index contributed by atoms with van der Waals surface area (Å²) < 4.78 is 3.01. The highest BCUT2D eigenvalue weighted by molar-refractivity contribution is 9.10. The van der Waals surface area contributed by atoms with Gasteiger partial charge in [-0.1, -0.05) is 45.4 Å². The minimum Gasteiger partial charge on any atom is -0.324 e. The largest absolute Gasteiger partial charge is 0.324 e. The Hall–Kier alpha value is -0.560. The molecule has 1 aromatic carbocycles. The van der Waals surface area contributed by atoms with Crippen molar-refractivity contribution in [2.45, 2.75) is 30.9 Å². The Kier molecular flexibility index (Phi) is 5.27. The topological polar surface area (TPSA) is 56.7 Å². The first kappa shape index (κ1) is 14.8. The molecule has 0 spiro atoms. The molecule has 2 aromatic rings. The van der Waals surface area contributed by atoms with Crippen LogP contribution in [0.3, 0.4) is 0 Å². The molecule has 0 unspecified atom stereocenters. The molecule has 2 N–H and O–H groups in total. The molecule has 19 heavy (non-hydrogen) atoms. The van der Waals surface area contributed by atoms with Crippen LogP contribution in [0.4, 0.5) is 0 Å². The molecule has 1 heterocycles. The molecular weight excluding hydrogens is 348 g/mol. The van der Waals surface area contributed by atoms with Crippen molar-refractivity contribution >= 4 is 39.3 Å². The molecule has 1 aromatic heterocycles. The van der Waals surface area contributed by atoms with Crippen molar-refractivity contribution < 1.29 is 0 Å². The molecule has 7 heteroatoms. The number of nitrogens with two attached hydrogens (primary N) is 1. The third-order valence-electron chi connectivity index (χ3n) is 2.66. The third kappa shape index (κ3) is 3.51. The lowest BCUT2D eigenvalue weighted by atomic mass is 10.2. The number of thioether (sulfide) groups is 1. The summed E-state index contributed by atoms with van der Waals surface area (Å²) in [5, 5.41) is 9.87. The highest BCUT2D eigenvalue weighted by atomic mass is 79.9. The molecule has 102 valence electrons. The van der Waals surface area contributed by atoms with Gasteiger partial charge in [-0.25, -0.2) is 0 Å². The van der Waals surface area contributed by atoms with Gasteiger partial charge in [0.25, 0.3) is 0 Å². The first-order valence-corrected chi connectivity index (χ1v) is 8.00. The first-order valence-electron chi connectivity index (χ1n) is 5.84. The quantitative estimate of drug-likeness (QED) is 0.829. The lowest BCUT2D eigenvalue weighted by molar-refractivity contribution is 0.643. The van der Waals surface area contributed by atoms with Crippen LogP contribution in [0.2, 0.25) is 5.02 Å². The highest BCUT2D eigenvalue weighted by Gasteiger charge is 2.11. The number of hydrogen-bond acceptors (Lipinski definition) is 4. The van der Waals surface area contributed by atoms with Crippen LogP contribution in [0.15, 0.2) is 27.8 Å². The Morgan fingerprint density at radius 3 is 2.84 bits per heavy atom. The second kappa shape index (κ2) is 6.74. The molecule has 0 saturated heterocycles. The third-order valence-corrected chi connectivity index (χ3v) is 4.52. The van der Waals surface area contributed by atoms with Crippen molar-refractivity contribution in [2.24, 2.45) is 5.73 Å². The Morgan fingerprint density at radius 2 is 2.21 bits per heavy atom. The van der Waals surface area contributed by atoms with Gasteiger partial charge in [0, 0.05) is 21.8 Å². The number of benzene rings is 1. The molecule has 4 nitrogen and oxygen atoms in total. The lowest BCUT2D eigenvalue weighted by Crippen LogP contribution is -2.08. The summed E-state index contributed by atoms with van der Waals surface area (Å²) in [7, 11) is 0. The molecular formula is C12H14BrClN4S. The van der Waals surface area contributed by atoms with Crippen LogP contribution in [0.1, 0.15) is 18.3 Å². The predicted molar refractivity (Wildman–Crippen MR) is 82.3 cm³/mol. The zero-order valence-electron chi connectivity index (χ0n) is 10.4. The number of hydrogen-bond donors (Lipinski definition) is 1. The smallest absolute Gasteiger partial charge is 0.191 e. The number of aromatic nitrogens is 3. The van der Waals surface area contributed by atoms with Gasteiger partial charge in [0.2, 0.25) is 0 Å². The Labute approximate surface area is 129 Å². The summed E-state index contributed by atoms with van der Waals surface area (Å²) in [6.07, 6.45) is 0. The van der Waals surface area contributed by atoms with Crippen molar-refractivity contribution in [1.29, 1.82) is 0 Å². The minimum absolute atomic E-state index is 0.403. The van der Waals surface area contributed by atoms with Gasteiger partial charge < -0.3 is 10.3 Å². The van der Waals surface area contributed by atoms with Crippen LogP contribution in [0.5, 0.6) is 0 Å². The average molecular weight is 362 g/mol. The summed E-state index contributed by atoms with van der Waals surface area (Å²) in [6.45, 7) is 3.27. The molecule has 0 radical (unpaired) electrons. The summed E-state index contributed by atoms with van der Waals surface area (Å²) in [4.78, 5) is 0. The standard InChI is InChI=1S/C12H14BrClN4S/c1-2-18-11(6-15)16-17-12(18)19-7-8-3-4-9(13)5-10(8)14/h3-5H,2,6-7,15H2,1H3. The normalized spacial score (nSPS) is 10.9. The first-order chi connectivity index (χ1) is 9.15. The lowest BCUT2D eigenvalue weighted by Gasteiger charge is -2.07. The fourth-order valence-corrected chi connectivity index (χ4v) is 3.52. The van der Waals surface area contributed by atoms with Gasteiger partial charge in [0.15, 0.2) is 5.16 Å². The molecule has 0 amide bonds. The number of nitrogens with zero attached hydrogens (tertiary/aromatic N) is 3. The summed E-state index contributed by atoms with van der Waals surface area (Å²) in [6, 6.07) is 5.89.